The Morgan fingerprint density at radius 3 is 2.22 bits per heavy atom. The number of non-ortho nitro benzene ring substituents is 1. The van der Waals surface area contributed by atoms with Gasteiger partial charge in [0, 0.05) is 12.1 Å². The molecule has 2 aromatic carbocycles. The van der Waals surface area contributed by atoms with Gasteiger partial charge >= 0.3 is 12.1 Å². The van der Waals surface area contributed by atoms with Crippen LogP contribution in [0.2, 0.25) is 0 Å². The van der Waals surface area contributed by atoms with Crippen LogP contribution in [0, 0.1) is 20.2 Å². The monoisotopic (exact) mass is 385 g/mol. The zero-order chi connectivity index (χ0) is 19.9. The number of rotatable bonds is 3. The van der Waals surface area contributed by atoms with Crippen molar-refractivity contribution >= 4 is 23.0 Å². The van der Waals surface area contributed by atoms with Gasteiger partial charge < -0.3 is 14.8 Å². The first-order chi connectivity index (χ1) is 12.6. The van der Waals surface area contributed by atoms with Gasteiger partial charge in [-0.25, -0.2) is 0 Å². The van der Waals surface area contributed by atoms with Crippen molar-refractivity contribution in [3.05, 3.63) is 50.6 Å². The van der Waals surface area contributed by atoms with Crippen LogP contribution in [0.1, 0.15) is 0 Å². The largest absolute Gasteiger partial charge is 0.471 e. The highest BCUT2D eigenvalue weighted by Gasteiger charge is 2.41. The minimum absolute atomic E-state index is 0.00458. The molecule has 1 aliphatic heterocycles. The molecule has 0 spiro atoms. The van der Waals surface area contributed by atoms with Crippen LogP contribution in [-0.2, 0) is 4.79 Å². The van der Waals surface area contributed by atoms with E-state index in [1.807, 2.05) is 0 Å². The molecule has 3 rings (SSSR count). The van der Waals surface area contributed by atoms with Crippen LogP contribution in [0.15, 0.2) is 30.3 Å². The fourth-order valence-electron chi connectivity index (χ4n) is 2.20. The summed E-state index contributed by atoms with van der Waals surface area (Å²) in [4.78, 5) is 31.4. The predicted octanol–water partition coefficient (Wildman–Crippen LogP) is 3.90. The number of hydrogen-bond donors (Lipinski definition) is 1. The van der Waals surface area contributed by atoms with Gasteiger partial charge in [0.1, 0.15) is 0 Å². The second-order valence-corrected chi connectivity index (χ2v) is 5.09. The lowest BCUT2D eigenvalue weighted by atomic mass is 10.2. The van der Waals surface area contributed by atoms with E-state index in [0.717, 1.165) is 24.3 Å². The second kappa shape index (κ2) is 6.12. The van der Waals surface area contributed by atoms with E-state index in [2.05, 4.69) is 0 Å². The van der Waals surface area contributed by atoms with Gasteiger partial charge in [0.05, 0.1) is 15.9 Å². The fourth-order valence-corrected chi connectivity index (χ4v) is 2.20. The maximum Gasteiger partial charge on any atom is 0.471 e. The van der Waals surface area contributed by atoms with Crippen LogP contribution in [0.4, 0.5) is 30.2 Å². The van der Waals surface area contributed by atoms with E-state index in [9.17, 15) is 38.2 Å². The van der Waals surface area contributed by atoms with Gasteiger partial charge in [-0.2, -0.15) is 13.2 Å². The molecule has 1 N–H and O–H groups in total. The summed E-state index contributed by atoms with van der Waals surface area (Å²) in [5, 5.41) is 23.3. The minimum Gasteiger partial charge on any atom is -0.449 e. The van der Waals surface area contributed by atoms with E-state index >= 15 is 0 Å². The number of benzene rings is 2. The van der Waals surface area contributed by atoms with Gasteiger partial charge in [-0.3, -0.25) is 25.0 Å². The summed E-state index contributed by atoms with van der Waals surface area (Å²) in [6.45, 7) is 0. The van der Waals surface area contributed by atoms with E-state index in [-0.39, 0.29) is 17.2 Å². The quantitative estimate of drug-likeness (QED) is 0.534. The fraction of sp³-hybridized carbons (Fsp3) is 0.0714. The number of amides is 1. The maximum absolute atomic E-state index is 12.6. The van der Waals surface area contributed by atoms with Crippen LogP contribution in [-0.4, -0.2) is 21.9 Å². The third-order valence-electron chi connectivity index (χ3n) is 3.36. The molecule has 13 heteroatoms. The number of nitrogens with zero attached hydrogens (tertiary/aromatic N) is 2. The molecule has 27 heavy (non-hydrogen) atoms. The number of nitro benzene ring substituents is 2. The summed E-state index contributed by atoms with van der Waals surface area (Å²) in [5.41, 5.74) is -2.19. The molecule has 1 heterocycles. The highest BCUT2D eigenvalue weighted by Crippen LogP contribution is 2.52. The van der Waals surface area contributed by atoms with Gasteiger partial charge in [0.25, 0.3) is 11.4 Å². The molecule has 0 unspecified atom stereocenters. The minimum atomic E-state index is -5.32. The third-order valence-corrected chi connectivity index (χ3v) is 3.36. The Kier molecular flexibility index (Phi) is 4.06. The van der Waals surface area contributed by atoms with Gasteiger partial charge in [-0.1, -0.05) is 0 Å². The van der Waals surface area contributed by atoms with Gasteiger partial charge in [-0.15, -0.1) is 0 Å². The van der Waals surface area contributed by atoms with E-state index < -0.39 is 44.7 Å². The Bertz CT molecular complexity index is 991. The number of ether oxygens (including phenoxy) is 2. The third kappa shape index (κ3) is 3.29. The van der Waals surface area contributed by atoms with Crippen LogP contribution in [0.25, 0.3) is 0 Å². The Hall–Kier alpha value is -3.90. The molecule has 1 amide bonds. The highest BCUT2D eigenvalue weighted by molar-refractivity contribution is 5.99. The number of carbonyl (C=O) groups is 1. The summed E-state index contributed by atoms with van der Waals surface area (Å²) < 4.78 is 48.3. The lowest BCUT2D eigenvalue weighted by Gasteiger charge is -2.22. The molecular formula is C14H6F3N3O7. The van der Waals surface area contributed by atoms with Crippen molar-refractivity contribution in [2.75, 3.05) is 5.32 Å². The van der Waals surface area contributed by atoms with E-state index in [1.54, 1.807) is 0 Å². The first-order valence-electron chi connectivity index (χ1n) is 6.91. The Morgan fingerprint density at radius 1 is 0.963 bits per heavy atom. The molecule has 0 atom stereocenters. The molecular weight excluding hydrogens is 379 g/mol. The van der Waals surface area contributed by atoms with E-state index in [0.29, 0.717) is 0 Å². The lowest BCUT2D eigenvalue weighted by Crippen LogP contribution is -2.30. The molecule has 0 radical (unpaired) electrons. The predicted molar refractivity (Wildman–Crippen MR) is 81.0 cm³/mol. The van der Waals surface area contributed by atoms with Crippen molar-refractivity contribution in [3.8, 4) is 23.0 Å². The topological polar surface area (TPSA) is 134 Å². The van der Waals surface area contributed by atoms with Gasteiger partial charge in [0.15, 0.2) is 22.9 Å². The summed E-state index contributed by atoms with van der Waals surface area (Å²) >= 11 is 0. The van der Waals surface area contributed by atoms with Crippen molar-refractivity contribution in [2.24, 2.45) is 0 Å². The molecule has 0 aromatic heterocycles. The first kappa shape index (κ1) is 17.9. The van der Waals surface area contributed by atoms with Crippen molar-refractivity contribution in [1.29, 1.82) is 0 Å². The lowest BCUT2D eigenvalue weighted by molar-refractivity contribution is -0.384. The average molecular weight is 385 g/mol. The van der Waals surface area contributed by atoms with Crippen molar-refractivity contribution < 1.29 is 37.3 Å². The number of nitrogens with one attached hydrogen (secondary N) is 1. The van der Waals surface area contributed by atoms with Crippen molar-refractivity contribution in [1.82, 2.24) is 0 Å². The summed E-state index contributed by atoms with van der Waals surface area (Å²) in [5.74, 6) is -3.54. The first-order valence-corrected chi connectivity index (χ1v) is 6.91. The standard InChI is InChI=1S/C14H6F3N3O7/c15-14(16,17)13(21)18-11-7(20(24)25)2-4-9-12(11)27-10-5-6(19(22)23)1-3-8(10)26-9/h1-5H,(H,18,21). The van der Waals surface area contributed by atoms with E-state index in [4.69, 9.17) is 9.47 Å². The number of anilines is 1. The molecule has 2 aromatic rings. The number of carbonyl (C=O) groups excluding carboxylic acids is 1. The molecule has 0 fully saturated rings. The van der Waals surface area contributed by atoms with Crippen LogP contribution in [0.5, 0.6) is 23.0 Å². The normalized spacial score (nSPS) is 12.1. The van der Waals surface area contributed by atoms with Crippen LogP contribution < -0.4 is 14.8 Å². The molecule has 0 bridgehead atoms. The van der Waals surface area contributed by atoms with Gasteiger partial charge in [0.2, 0.25) is 5.75 Å². The maximum atomic E-state index is 12.6. The average Bonchev–Trinajstić information content (AvgIpc) is 2.58. The molecule has 0 aliphatic carbocycles. The summed E-state index contributed by atoms with van der Waals surface area (Å²) in [6, 6.07) is 5.09. The number of halogens is 3. The molecule has 0 saturated heterocycles. The summed E-state index contributed by atoms with van der Waals surface area (Å²) in [6.07, 6.45) is -5.32. The highest BCUT2D eigenvalue weighted by atomic mass is 19.4. The molecule has 10 nitrogen and oxygen atoms in total. The molecule has 0 saturated carbocycles. The van der Waals surface area contributed by atoms with Gasteiger partial charge in [-0.05, 0) is 12.1 Å². The Balaban J connectivity index is 2.11. The molecule has 1 aliphatic rings. The van der Waals surface area contributed by atoms with Crippen LogP contribution >= 0.6 is 0 Å². The Morgan fingerprint density at radius 2 is 1.63 bits per heavy atom. The van der Waals surface area contributed by atoms with Crippen molar-refractivity contribution in [3.63, 3.8) is 0 Å². The number of fused-ring (bicyclic) bond motifs is 2. The number of alkyl halides is 3. The van der Waals surface area contributed by atoms with Crippen LogP contribution in [0.3, 0.4) is 0 Å². The smallest absolute Gasteiger partial charge is 0.449 e. The van der Waals surface area contributed by atoms with E-state index in [1.165, 1.54) is 11.4 Å². The summed E-state index contributed by atoms with van der Waals surface area (Å²) in [7, 11) is 0. The Labute approximate surface area is 146 Å². The second-order valence-electron chi connectivity index (χ2n) is 5.09. The number of nitro groups is 2. The SMILES string of the molecule is O=C(Nc1c([N+](=O)[O-])ccc2c1Oc1cc([N+](=O)[O-])ccc1O2)C(F)(F)F. The zero-order valence-corrected chi connectivity index (χ0v) is 12.8. The zero-order valence-electron chi connectivity index (χ0n) is 12.8. The van der Waals surface area contributed by atoms with Crippen molar-refractivity contribution in [2.45, 2.75) is 6.18 Å². The number of hydrogen-bond acceptors (Lipinski definition) is 7. The molecule has 140 valence electrons.